The summed E-state index contributed by atoms with van der Waals surface area (Å²) in [6, 6.07) is 18.8. The largest absolute Gasteiger partial charge is 0.395 e. The Morgan fingerprint density at radius 1 is 0.745 bits per heavy atom. The number of nitrogens with zero attached hydrogens (tertiary/aromatic N) is 3. The third kappa shape index (κ3) is 8.53. The Labute approximate surface area is 283 Å². The molecule has 2 N–H and O–H groups in total. The monoisotopic (exact) mass is 710 g/mol. The van der Waals surface area contributed by atoms with E-state index in [1.807, 2.05) is 60.7 Å². The predicted molar refractivity (Wildman–Crippen MR) is 177 cm³/mol. The Morgan fingerprint density at radius 2 is 1.23 bits per heavy atom. The molecule has 6 rings (SSSR count). The fourth-order valence-electron chi connectivity index (χ4n) is 6.40. The topological polar surface area (TPSA) is 144 Å². The number of halogens is 1. The van der Waals surface area contributed by atoms with Gasteiger partial charge in [0.25, 0.3) is 0 Å². The minimum absolute atomic E-state index is 0.104. The van der Waals surface area contributed by atoms with Gasteiger partial charge < -0.3 is 15.3 Å². The smallest absolute Gasteiger partial charge is 0.238 e. The lowest BCUT2D eigenvalue weighted by Gasteiger charge is -2.37. The Kier molecular flexibility index (Phi) is 12.4. The molecule has 4 saturated heterocycles. The summed E-state index contributed by atoms with van der Waals surface area (Å²) < 4.78 is 0. The molecule has 0 radical (unpaired) electrons. The second kappa shape index (κ2) is 16.3. The van der Waals surface area contributed by atoms with Gasteiger partial charge >= 0.3 is 0 Å². The van der Waals surface area contributed by atoms with E-state index >= 15 is 0 Å². The predicted octanol–water partition coefficient (Wildman–Crippen LogP) is 3.18. The number of aliphatic hydroxyl groups excluding tert-OH is 1. The molecule has 11 nitrogen and oxygen atoms in total. The van der Waals surface area contributed by atoms with Crippen molar-refractivity contribution in [2.24, 2.45) is 10.8 Å². The molecule has 6 amide bonds. The van der Waals surface area contributed by atoms with Crippen LogP contribution in [-0.4, -0.2) is 86.8 Å². The molecule has 47 heavy (non-hydrogen) atoms. The lowest BCUT2D eigenvalue weighted by Crippen LogP contribution is -2.52. The van der Waals surface area contributed by atoms with Crippen molar-refractivity contribution in [2.45, 2.75) is 65.0 Å². The number of carbonyl (C=O) groups excluding carboxylic acids is 6. The fraction of sp³-hybridized carbons (Fsp3) is 0.486. The summed E-state index contributed by atoms with van der Waals surface area (Å²) in [4.78, 5) is 77.4. The molecule has 0 aromatic heterocycles. The molecule has 4 aliphatic rings. The van der Waals surface area contributed by atoms with Gasteiger partial charge in [0.1, 0.15) is 0 Å². The lowest BCUT2D eigenvalue weighted by atomic mass is 9.77. The van der Waals surface area contributed by atoms with Crippen LogP contribution in [0, 0.1) is 10.8 Å². The summed E-state index contributed by atoms with van der Waals surface area (Å²) in [7, 11) is 0. The first kappa shape index (κ1) is 35.9. The van der Waals surface area contributed by atoms with Gasteiger partial charge in [-0.1, -0.05) is 83.5 Å². The normalized spacial score (nSPS) is 23.9. The van der Waals surface area contributed by atoms with Crippen molar-refractivity contribution in [3.8, 4) is 0 Å². The highest BCUT2D eigenvalue weighted by molar-refractivity contribution is 9.09. The Hall–Kier alpha value is -3.90. The first-order chi connectivity index (χ1) is 22.6. The highest BCUT2D eigenvalue weighted by Crippen LogP contribution is 2.41. The van der Waals surface area contributed by atoms with E-state index in [4.69, 9.17) is 5.11 Å². The minimum atomic E-state index is -0.811. The molecule has 2 aromatic rings. The van der Waals surface area contributed by atoms with Crippen LogP contribution in [0.15, 0.2) is 60.7 Å². The molecular weight excluding hydrogens is 668 g/mol. The number of carbonyl (C=O) groups is 6. The van der Waals surface area contributed by atoms with Crippen LogP contribution in [-0.2, 0) is 41.9 Å². The van der Waals surface area contributed by atoms with Crippen molar-refractivity contribution in [3.63, 3.8) is 0 Å². The molecule has 4 aliphatic heterocycles. The number of rotatable bonds is 7. The summed E-state index contributed by atoms with van der Waals surface area (Å²) in [6.07, 6.45) is 3.04. The van der Waals surface area contributed by atoms with E-state index in [1.54, 1.807) is 0 Å². The molecule has 4 fully saturated rings. The number of piperidine rings is 2. The molecule has 0 aliphatic carbocycles. The van der Waals surface area contributed by atoms with Crippen molar-refractivity contribution >= 4 is 51.4 Å². The number of aliphatic hydroxyl groups is 1. The number of β-amino-alcohol motifs (C(OH)–C–C–N with tert-alkyl or cyclic N) is 1. The molecule has 2 aromatic carbocycles. The van der Waals surface area contributed by atoms with E-state index < -0.39 is 10.8 Å². The van der Waals surface area contributed by atoms with Gasteiger partial charge in [0, 0.05) is 50.6 Å². The summed E-state index contributed by atoms with van der Waals surface area (Å²) in [6.45, 7) is 3.42. The van der Waals surface area contributed by atoms with Crippen LogP contribution < -0.4 is 5.32 Å². The number of likely N-dealkylation sites (tertiary alicyclic amines) is 3. The summed E-state index contributed by atoms with van der Waals surface area (Å²) >= 11 is 3.25. The van der Waals surface area contributed by atoms with Gasteiger partial charge in [-0.05, 0) is 30.4 Å². The summed E-state index contributed by atoms with van der Waals surface area (Å²) in [5.41, 5.74) is 0.292. The van der Waals surface area contributed by atoms with Gasteiger partial charge in [-0.15, -0.1) is 0 Å². The van der Waals surface area contributed by atoms with Gasteiger partial charge in [0.05, 0.1) is 30.5 Å². The molecule has 4 heterocycles. The second-order valence-corrected chi connectivity index (χ2v) is 13.3. The zero-order valence-corrected chi connectivity index (χ0v) is 28.4. The first-order valence-electron chi connectivity index (χ1n) is 16.1. The molecule has 252 valence electrons. The van der Waals surface area contributed by atoms with Crippen LogP contribution in [0.3, 0.4) is 0 Å². The zero-order valence-electron chi connectivity index (χ0n) is 26.8. The number of hydrogen-bond acceptors (Lipinski definition) is 7. The van der Waals surface area contributed by atoms with Gasteiger partial charge in [-0.25, -0.2) is 0 Å². The van der Waals surface area contributed by atoms with Crippen molar-refractivity contribution in [1.82, 2.24) is 20.0 Å². The number of benzene rings is 2. The summed E-state index contributed by atoms with van der Waals surface area (Å²) in [5, 5.41) is 12.9. The molecule has 2 atom stereocenters. The number of imide groups is 2. The van der Waals surface area contributed by atoms with Gasteiger partial charge in [0.2, 0.25) is 35.4 Å². The van der Waals surface area contributed by atoms with Crippen LogP contribution in [0.2, 0.25) is 0 Å². The van der Waals surface area contributed by atoms with E-state index in [2.05, 4.69) is 28.2 Å². The molecular formula is C35H43BrN4O7. The third-order valence-corrected chi connectivity index (χ3v) is 9.81. The van der Waals surface area contributed by atoms with E-state index in [0.29, 0.717) is 32.4 Å². The maximum atomic E-state index is 12.9. The van der Waals surface area contributed by atoms with E-state index in [0.717, 1.165) is 16.5 Å². The molecule has 0 saturated carbocycles. The quantitative estimate of drug-likeness (QED) is 0.332. The third-order valence-electron chi connectivity index (χ3n) is 9.02. The van der Waals surface area contributed by atoms with Gasteiger partial charge in [-0.2, -0.15) is 0 Å². The van der Waals surface area contributed by atoms with E-state index in [9.17, 15) is 28.8 Å². The van der Waals surface area contributed by atoms with Crippen LogP contribution >= 0.6 is 15.9 Å². The number of alkyl halides is 1. The van der Waals surface area contributed by atoms with Crippen LogP contribution in [0.25, 0.3) is 0 Å². The molecule has 2 spiro atoms. The standard InChI is InChI=1S/C17H20N2O4.C15H16N2O3.C3H7Br/c20-9-8-18-12-17(10-15(18)22)7-6-14(21)19(16(17)23)11-13-4-2-1-3-5-13;18-12-8-15(10-16-12)7-6-13(19)17(14(15)20)9-11-4-2-1-3-5-11;1-2-3-4/h1-5,20H,6-12H2;1-5H,6-10H2,(H,16,18);2-3H2,1H3. The molecule has 2 unspecified atom stereocenters. The van der Waals surface area contributed by atoms with E-state index in [1.165, 1.54) is 21.1 Å². The Balaban J connectivity index is 0.000000193. The highest BCUT2D eigenvalue weighted by atomic mass is 79.9. The van der Waals surface area contributed by atoms with Crippen molar-refractivity contribution in [3.05, 3.63) is 71.8 Å². The van der Waals surface area contributed by atoms with Crippen molar-refractivity contribution in [1.29, 1.82) is 0 Å². The number of amides is 6. The first-order valence-corrected chi connectivity index (χ1v) is 17.2. The Bertz CT molecular complexity index is 1450. The molecule has 12 heteroatoms. The maximum absolute atomic E-state index is 12.9. The average Bonchev–Trinajstić information content (AvgIpc) is 3.63. The van der Waals surface area contributed by atoms with Crippen molar-refractivity contribution < 1.29 is 33.9 Å². The molecule has 0 bridgehead atoms. The van der Waals surface area contributed by atoms with Crippen LogP contribution in [0.4, 0.5) is 0 Å². The lowest BCUT2D eigenvalue weighted by molar-refractivity contribution is -0.159. The van der Waals surface area contributed by atoms with Crippen LogP contribution in [0.5, 0.6) is 0 Å². The van der Waals surface area contributed by atoms with Crippen LogP contribution in [0.1, 0.15) is 63.0 Å². The van der Waals surface area contributed by atoms with E-state index in [-0.39, 0.29) is 80.9 Å². The highest BCUT2D eigenvalue weighted by Gasteiger charge is 2.54. The fourth-order valence-corrected chi connectivity index (χ4v) is 6.40. The number of nitrogens with one attached hydrogen (secondary N) is 1. The zero-order chi connectivity index (χ0) is 34.0. The second-order valence-electron chi connectivity index (χ2n) is 12.5. The van der Waals surface area contributed by atoms with Gasteiger partial charge in [0.15, 0.2) is 0 Å². The summed E-state index contributed by atoms with van der Waals surface area (Å²) in [5.74, 6) is -1.03. The number of hydrogen-bond donors (Lipinski definition) is 2. The minimum Gasteiger partial charge on any atom is -0.395 e. The van der Waals surface area contributed by atoms with Crippen molar-refractivity contribution in [2.75, 3.05) is 31.6 Å². The average molecular weight is 712 g/mol. The van der Waals surface area contributed by atoms with Gasteiger partial charge in [-0.3, -0.25) is 38.6 Å². The Morgan fingerprint density at radius 3 is 1.68 bits per heavy atom. The maximum Gasteiger partial charge on any atom is 0.238 e. The SMILES string of the molecule is CCCBr.O=C1CC2(CCC(=O)N(Cc3ccccc3)C2=O)CN1.O=C1CC2(CCC(=O)N(Cc3ccccc3)C2=O)CN1CCO.